The van der Waals surface area contributed by atoms with Gasteiger partial charge in [0.25, 0.3) is 0 Å². The van der Waals surface area contributed by atoms with Gasteiger partial charge < -0.3 is 24.8 Å². The molecule has 2 amide bonds. The molecular weight excluding hydrogens is 567 g/mol. The highest BCUT2D eigenvalue weighted by molar-refractivity contribution is 5.93. The number of cyclic esters (lactones) is 1. The lowest BCUT2D eigenvalue weighted by Gasteiger charge is -2.29. The van der Waals surface area contributed by atoms with E-state index in [4.69, 9.17) is 14.2 Å². The van der Waals surface area contributed by atoms with Gasteiger partial charge in [-0.05, 0) is 37.6 Å². The van der Waals surface area contributed by atoms with E-state index in [1.165, 1.54) is 39.3 Å². The minimum atomic E-state index is -0.835. The second-order valence-electron chi connectivity index (χ2n) is 11.2. The highest BCUT2D eigenvalue weighted by Crippen LogP contribution is 2.23. The average Bonchev–Trinajstić information content (AvgIpc) is 2.94. The summed E-state index contributed by atoms with van der Waals surface area (Å²) < 4.78 is 28.6. The number of rotatable bonds is 14. The standard InChI is InChI=1S/C32H45FN2O7.C2H6/c1-21(20-22(2)26-17-18-27(40-8)31(39)42-26)12-9-10-14-28(37)35-29(32(5,6)7)30(38)34-19-11-13-25(41-24(4)36)16-15-23(3)33;1-2/h9-12,14-15,18-20,22,25-26,29H,13,16-17H2,1-8H3,(H,34,38)(H,35,37);1-2H3/b12-9-,14-10-,19-11-,21-20+,23-15+;/t22-,25+,26-,29?;/m0./s1. The molecule has 0 spiro atoms. The number of nitrogens with one attached hydrogen (secondary N) is 2. The molecule has 1 aliphatic heterocycles. The van der Waals surface area contributed by atoms with Crippen molar-refractivity contribution in [1.29, 1.82) is 0 Å². The van der Waals surface area contributed by atoms with Crippen molar-refractivity contribution >= 4 is 23.8 Å². The van der Waals surface area contributed by atoms with Crippen LogP contribution in [0.25, 0.3) is 0 Å². The Kier molecular flexibility index (Phi) is 19.0. The number of ether oxygens (including phenoxy) is 3. The zero-order chi connectivity index (χ0) is 33.9. The summed E-state index contributed by atoms with van der Waals surface area (Å²) in [4.78, 5) is 48.6. The molecule has 0 radical (unpaired) electrons. The zero-order valence-electron chi connectivity index (χ0n) is 27.9. The predicted octanol–water partition coefficient (Wildman–Crippen LogP) is 6.30. The number of esters is 2. The lowest BCUT2D eigenvalue weighted by atomic mass is 9.86. The molecule has 0 saturated heterocycles. The SMILES string of the molecule is CC.COC1=CC[C@@H]([C@@H](C)/C=C(C)/C=C\C=C/C(=O)NC(C(=O)N/C=C\C[C@H](C/C=C(\C)F)OC(C)=O)C(C)(C)C)OC1=O. The van der Waals surface area contributed by atoms with Crippen LogP contribution in [0.1, 0.15) is 81.6 Å². The normalized spacial score (nSPS) is 18.1. The molecule has 9 nitrogen and oxygen atoms in total. The molecule has 4 atom stereocenters. The first kappa shape index (κ1) is 40.1. The summed E-state index contributed by atoms with van der Waals surface area (Å²) in [6, 6.07) is -0.835. The number of hydrogen-bond donors (Lipinski definition) is 2. The highest BCUT2D eigenvalue weighted by atomic mass is 19.1. The summed E-state index contributed by atoms with van der Waals surface area (Å²) >= 11 is 0. The van der Waals surface area contributed by atoms with Crippen molar-refractivity contribution in [2.45, 2.75) is 99.8 Å². The summed E-state index contributed by atoms with van der Waals surface area (Å²) in [6.07, 6.45) is 14.7. The van der Waals surface area contributed by atoms with Crippen LogP contribution < -0.4 is 10.6 Å². The van der Waals surface area contributed by atoms with Crippen molar-refractivity contribution in [3.63, 3.8) is 0 Å². The third-order valence-electron chi connectivity index (χ3n) is 6.20. The molecule has 1 unspecified atom stereocenters. The third kappa shape index (κ3) is 16.6. The first-order chi connectivity index (χ1) is 20.6. The van der Waals surface area contributed by atoms with Gasteiger partial charge in [0.15, 0.2) is 5.76 Å². The fourth-order valence-corrected chi connectivity index (χ4v) is 4.00. The number of hydrogen-bond acceptors (Lipinski definition) is 7. The minimum absolute atomic E-state index is 0.0237. The van der Waals surface area contributed by atoms with Crippen LogP contribution in [0.3, 0.4) is 0 Å². The first-order valence-electron chi connectivity index (χ1n) is 14.9. The quantitative estimate of drug-likeness (QED) is 0.133. The molecule has 10 heteroatoms. The van der Waals surface area contributed by atoms with Crippen molar-refractivity contribution < 1.29 is 37.8 Å². The molecule has 0 aromatic carbocycles. The molecule has 0 aromatic heterocycles. The van der Waals surface area contributed by atoms with E-state index in [1.807, 2.05) is 60.6 Å². The van der Waals surface area contributed by atoms with Crippen molar-refractivity contribution in [2.75, 3.05) is 7.11 Å². The molecule has 0 fully saturated rings. The monoisotopic (exact) mass is 618 g/mol. The van der Waals surface area contributed by atoms with Gasteiger partial charge in [-0.1, -0.05) is 77.5 Å². The Labute approximate surface area is 262 Å². The molecule has 0 aromatic rings. The molecule has 1 rings (SSSR count). The third-order valence-corrected chi connectivity index (χ3v) is 6.20. The van der Waals surface area contributed by atoms with Crippen LogP contribution in [0, 0.1) is 11.3 Å². The van der Waals surface area contributed by atoms with E-state index in [0.29, 0.717) is 6.42 Å². The number of allylic oxidation sites excluding steroid dienone is 5. The molecule has 2 N–H and O–H groups in total. The lowest BCUT2D eigenvalue weighted by Crippen LogP contribution is -2.52. The average molecular weight is 619 g/mol. The predicted molar refractivity (Wildman–Crippen MR) is 170 cm³/mol. The fourth-order valence-electron chi connectivity index (χ4n) is 4.00. The Morgan fingerprint density at radius 1 is 1.11 bits per heavy atom. The molecule has 0 aliphatic carbocycles. The van der Waals surface area contributed by atoms with Gasteiger partial charge in [-0.25, -0.2) is 9.18 Å². The fraction of sp³-hybridized carbons (Fsp3) is 0.529. The Morgan fingerprint density at radius 2 is 1.75 bits per heavy atom. The number of amides is 2. The number of halogens is 1. The van der Waals surface area contributed by atoms with E-state index in [0.717, 1.165) is 5.57 Å². The van der Waals surface area contributed by atoms with Crippen molar-refractivity contribution in [2.24, 2.45) is 11.3 Å². The van der Waals surface area contributed by atoms with Crippen molar-refractivity contribution in [1.82, 2.24) is 10.6 Å². The van der Waals surface area contributed by atoms with E-state index in [-0.39, 0.29) is 36.4 Å². The molecule has 44 heavy (non-hydrogen) atoms. The van der Waals surface area contributed by atoms with Crippen LogP contribution in [0.2, 0.25) is 0 Å². The Morgan fingerprint density at radius 3 is 2.30 bits per heavy atom. The van der Waals surface area contributed by atoms with Gasteiger partial charge in [0.1, 0.15) is 18.2 Å². The number of carbonyl (C=O) groups is 4. The van der Waals surface area contributed by atoms with Crippen molar-refractivity contribution in [3.05, 3.63) is 72.0 Å². The number of methoxy groups -OCH3 is 1. The number of carbonyl (C=O) groups excluding carboxylic acids is 4. The van der Waals surface area contributed by atoms with Gasteiger partial charge >= 0.3 is 11.9 Å². The van der Waals surface area contributed by atoms with Crippen molar-refractivity contribution in [3.8, 4) is 0 Å². The van der Waals surface area contributed by atoms with Crippen LogP contribution in [0.4, 0.5) is 4.39 Å². The molecule has 0 saturated carbocycles. The summed E-state index contributed by atoms with van der Waals surface area (Å²) in [6.45, 7) is 15.9. The summed E-state index contributed by atoms with van der Waals surface area (Å²) in [7, 11) is 1.43. The second-order valence-corrected chi connectivity index (χ2v) is 11.2. The second kappa shape index (κ2) is 20.9. The molecule has 0 bridgehead atoms. The van der Waals surface area contributed by atoms with E-state index >= 15 is 0 Å². The van der Waals surface area contributed by atoms with E-state index in [9.17, 15) is 23.6 Å². The Balaban J connectivity index is 0.00000904. The Bertz CT molecular complexity index is 1140. The maximum Gasteiger partial charge on any atom is 0.373 e. The highest BCUT2D eigenvalue weighted by Gasteiger charge is 2.32. The van der Waals surface area contributed by atoms with Gasteiger partial charge in [0, 0.05) is 38.2 Å². The van der Waals surface area contributed by atoms with E-state index in [1.54, 1.807) is 24.3 Å². The van der Waals surface area contributed by atoms with Crippen LogP contribution >= 0.6 is 0 Å². The van der Waals surface area contributed by atoms with E-state index < -0.39 is 41.3 Å². The first-order valence-corrected chi connectivity index (χ1v) is 14.9. The van der Waals surface area contributed by atoms with Gasteiger partial charge in [0.05, 0.1) is 12.9 Å². The van der Waals surface area contributed by atoms with Gasteiger partial charge in [-0.3, -0.25) is 14.4 Å². The summed E-state index contributed by atoms with van der Waals surface area (Å²) in [5.41, 5.74) is 0.341. The summed E-state index contributed by atoms with van der Waals surface area (Å²) in [5, 5.41) is 5.39. The molecule has 1 aliphatic rings. The van der Waals surface area contributed by atoms with E-state index in [2.05, 4.69) is 10.6 Å². The van der Waals surface area contributed by atoms with Gasteiger partial charge in [-0.2, -0.15) is 0 Å². The maximum atomic E-state index is 13.1. The topological polar surface area (TPSA) is 120 Å². The molecule has 1 heterocycles. The molecular formula is C34H51FN2O7. The lowest BCUT2D eigenvalue weighted by molar-refractivity contribution is -0.151. The Hall–Kier alpha value is -3.95. The van der Waals surface area contributed by atoms with Crippen LogP contribution in [0.15, 0.2) is 72.0 Å². The maximum absolute atomic E-state index is 13.1. The van der Waals surface area contributed by atoms with Crippen LogP contribution in [-0.2, 0) is 33.4 Å². The minimum Gasteiger partial charge on any atom is -0.490 e. The zero-order valence-corrected chi connectivity index (χ0v) is 27.9. The van der Waals surface area contributed by atoms with Crippen LogP contribution in [-0.4, -0.2) is 49.1 Å². The molecule has 246 valence electrons. The largest absolute Gasteiger partial charge is 0.490 e. The van der Waals surface area contributed by atoms with Gasteiger partial charge in [0.2, 0.25) is 11.8 Å². The summed E-state index contributed by atoms with van der Waals surface area (Å²) in [5.74, 6) is -1.98. The van der Waals surface area contributed by atoms with Gasteiger partial charge in [-0.15, -0.1) is 0 Å². The smallest absolute Gasteiger partial charge is 0.373 e. The van der Waals surface area contributed by atoms with Crippen LogP contribution in [0.5, 0.6) is 0 Å².